The summed E-state index contributed by atoms with van der Waals surface area (Å²) in [6, 6.07) is 6.62. The number of carbonyl (C=O) groups is 1. The zero-order chi connectivity index (χ0) is 16.6. The first-order chi connectivity index (χ1) is 11.0. The van der Waals surface area contributed by atoms with Gasteiger partial charge in [-0.2, -0.15) is 0 Å². The minimum atomic E-state index is 0.157. The van der Waals surface area contributed by atoms with Crippen LogP contribution < -0.4 is 0 Å². The van der Waals surface area contributed by atoms with Gasteiger partial charge in [-0.15, -0.1) is 0 Å². The molecular formula is C19H25N3O. The van der Waals surface area contributed by atoms with Crippen molar-refractivity contribution in [3.05, 3.63) is 53.1 Å². The van der Waals surface area contributed by atoms with Crippen LogP contribution in [-0.4, -0.2) is 26.9 Å². The number of amides is 1. The van der Waals surface area contributed by atoms with Crippen molar-refractivity contribution < 1.29 is 4.79 Å². The zero-order valence-corrected chi connectivity index (χ0v) is 14.4. The van der Waals surface area contributed by atoms with Crippen LogP contribution in [-0.2, 0) is 0 Å². The number of likely N-dealkylation sites (tertiary alicyclic amines) is 1. The Morgan fingerprint density at radius 1 is 1.26 bits per heavy atom. The van der Waals surface area contributed by atoms with Gasteiger partial charge in [0.1, 0.15) is 0 Å². The number of aromatic nitrogens is 2. The Hall–Kier alpha value is -2.10. The first-order valence-electron chi connectivity index (χ1n) is 8.40. The van der Waals surface area contributed by atoms with E-state index in [2.05, 4.69) is 37.2 Å². The molecule has 1 aliphatic rings. The molecule has 1 saturated heterocycles. The number of aryl methyl sites for hydroxylation is 1. The molecule has 4 nitrogen and oxygen atoms in total. The number of rotatable bonds is 3. The van der Waals surface area contributed by atoms with Crippen molar-refractivity contribution in [1.29, 1.82) is 0 Å². The second-order valence-corrected chi connectivity index (χ2v) is 6.69. The fourth-order valence-electron chi connectivity index (χ4n) is 3.88. The SMILES string of the molecule is Cc1cc(C(=O)N2CCCC2c2ccncc2)c(C)n1C(C)C. The first kappa shape index (κ1) is 15.8. The summed E-state index contributed by atoms with van der Waals surface area (Å²) in [5.41, 5.74) is 4.25. The minimum Gasteiger partial charge on any atom is -0.346 e. The Labute approximate surface area is 138 Å². The van der Waals surface area contributed by atoms with Gasteiger partial charge in [-0.3, -0.25) is 9.78 Å². The van der Waals surface area contributed by atoms with Crippen LogP contribution in [0.5, 0.6) is 0 Å². The highest BCUT2D eigenvalue weighted by Crippen LogP contribution is 2.34. The summed E-state index contributed by atoms with van der Waals surface area (Å²) in [6.07, 6.45) is 5.70. The van der Waals surface area contributed by atoms with E-state index in [-0.39, 0.29) is 11.9 Å². The normalized spacial score (nSPS) is 18.0. The Morgan fingerprint density at radius 2 is 1.96 bits per heavy atom. The Kier molecular flexibility index (Phi) is 4.24. The molecule has 1 unspecified atom stereocenters. The van der Waals surface area contributed by atoms with Gasteiger partial charge < -0.3 is 9.47 Å². The van der Waals surface area contributed by atoms with Crippen molar-refractivity contribution in [3.63, 3.8) is 0 Å². The molecule has 0 spiro atoms. The molecule has 1 fully saturated rings. The monoisotopic (exact) mass is 311 g/mol. The van der Waals surface area contributed by atoms with Crippen LogP contribution in [0.3, 0.4) is 0 Å². The van der Waals surface area contributed by atoms with Crippen molar-refractivity contribution >= 4 is 5.91 Å². The summed E-state index contributed by atoms with van der Waals surface area (Å²) in [5.74, 6) is 0.157. The molecule has 0 aliphatic carbocycles. The molecular weight excluding hydrogens is 286 g/mol. The maximum absolute atomic E-state index is 13.1. The Morgan fingerprint density at radius 3 is 2.57 bits per heavy atom. The van der Waals surface area contributed by atoms with Crippen LogP contribution in [0.4, 0.5) is 0 Å². The topological polar surface area (TPSA) is 38.1 Å². The molecule has 0 saturated carbocycles. The highest BCUT2D eigenvalue weighted by Gasteiger charge is 2.32. The lowest BCUT2D eigenvalue weighted by atomic mass is 10.1. The lowest BCUT2D eigenvalue weighted by Crippen LogP contribution is -2.31. The van der Waals surface area contributed by atoms with Gasteiger partial charge in [-0.05, 0) is 64.3 Å². The summed E-state index contributed by atoms with van der Waals surface area (Å²) >= 11 is 0. The molecule has 4 heteroatoms. The number of pyridine rings is 1. The molecule has 122 valence electrons. The number of hydrogen-bond donors (Lipinski definition) is 0. The summed E-state index contributed by atoms with van der Waals surface area (Å²) in [5, 5.41) is 0. The third-order valence-corrected chi connectivity index (χ3v) is 4.84. The van der Waals surface area contributed by atoms with Gasteiger partial charge in [0.2, 0.25) is 0 Å². The van der Waals surface area contributed by atoms with E-state index in [1.54, 1.807) is 12.4 Å². The van der Waals surface area contributed by atoms with Crippen LogP contribution in [0.2, 0.25) is 0 Å². The van der Waals surface area contributed by atoms with Crippen LogP contribution in [0, 0.1) is 13.8 Å². The first-order valence-corrected chi connectivity index (χ1v) is 8.40. The summed E-state index contributed by atoms with van der Waals surface area (Å²) in [4.78, 5) is 19.3. The predicted molar refractivity (Wildman–Crippen MR) is 91.5 cm³/mol. The quantitative estimate of drug-likeness (QED) is 0.857. The smallest absolute Gasteiger partial charge is 0.256 e. The Bertz CT molecular complexity index is 703. The fourth-order valence-corrected chi connectivity index (χ4v) is 3.88. The molecule has 0 radical (unpaired) electrons. The Balaban J connectivity index is 1.93. The fraction of sp³-hybridized carbons (Fsp3) is 0.474. The lowest BCUT2D eigenvalue weighted by Gasteiger charge is -2.25. The zero-order valence-electron chi connectivity index (χ0n) is 14.4. The summed E-state index contributed by atoms with van der Waals surface area (Å²) in [6.45, 7) is 9.27. The van der Waals surface area contributed by atoms with E-state index in [1.165, 1.54) is 5.56 Å². The van der Waals surface area contributed by atoms with E-state index in [9.17, 15) is 4.79 Å². The molecule has 3 heterocycles. The summed E-state index contributed by atoms with van der Waals surface area (Å²) in [7, 11) is 0. The van der Waals surface area contributed by atoms with Gasteiger partial charge in [-0.25, -0.2) is 0 Å². The molecule has 2 aromatic rings. The van der Waals surface area contributed by atoms with E-state index >= 15 is 0 Å². The average Bonchev–Trinajstić information content (AvgIpc) is 3.12. The van der Waals surface area contributed by atoms with E-state index in [0.717, 1.165) is 36.3 Å². The molecule has 0 bridgehead atoms. The van der Waals surface area contributed by atoms with E-state index in [1.807, 2.05) is 23.1 Å². The largest absolute Gasteiger partial charge is 0.346 e. The van der Waals surface area contributed by atoms with Crippen molar-refractivity contribution in [1.82, 2.24) is 14.5 Å². The van der Waals surface area contributed by atoms with Gasteiger partial charge in [0.15, 0.2) is 0 Å². The third-order valence-electron chi connectivity index (χ3n) is 4.84. The van der Waals surface area contributed by atoms with Crippen LogP contribution in [0.15, 0.2) is 30.6 Å². The van der Waals surface area contributed by atoms with Gasteiger partial charge >= 0.3 is 0 Å². The van der Waals surface area contributed by atoms with E-state index in [0.29, 0.717) is 6.04 Å². The second kappa shape index (κ2) is 6.19. The number of carbonyl (C=O) groups excluding carboxylic acids is 1. The van der Waals surface area contributed by atoms with Gasteiger partial charge in [0, 0.05) is 36.4 Å². The standard InChI is InChI=1S/C19H25N3O/c1-13(2)22-14(3)12-17(15(22)4)19(23)21-11-5-6-18(21)16-7-9-20-10-8-16/h7-10,12-13,18H,5-6,11H2,1-4H3. The highest BCUT2D eigenvalue weighted by atomic mass is 16.2. The van der Waals surface area contributed by atoms with Crippen LogP contribution in [0.25, 0.3) is 0 Å². The third kappa shape index (κ3) is 2.78. The number of nitrogens with zero attached hydrogens (tertiary/aromatic N) is 3. The van der Waals surface area contributed by atoms with Crippen LogP contribution >= 0.6 is 0 Å². The van der Waals surface area contributed by atoms with Crippen molar-refractivity contribution in [3.8, 4) is 0 Å². The van der Waals surface area contributed by atoms with E-state index < -0.39 is 0 Å². The minimum absolute atomic E-state index is 0.157. The molecule has 0 N–H and O–H groups in total. The molecule has 2 aromatic heterocycles. The van der Waals surface area contributed by atoms with Crippen molar-refractivity contribution in [2.24, 2.45) is 0 Å². The summed E-state index contributed by atoms with van der Waals surface area (Å²) < 4.78 is 2.24. The maximum Gasteiger partial charge on any atom is 0.256 e. The van der Waals surface area contributed by atoms with Gasteiger partial charge in [0.05, 0.1) is 11.6 Å². The second-order valence-electron chi connectivity index (χ2n) is 6.69. The molecule has 3 rings (SSSR count). The molecule has 0 aromatic carbocycles. The molecule has 1 aliphatic heterocycles. The molecule has 23 heavy (non-hydrogen) atoms. The predicted octanol–water partition coefficient (Wildman–Crippen LogP) is 4.06. The average molecular weight is 311 g/mol. The van der Waals surface area contributed by atoms with Crippen LogP contribution in [0.1, 0.15) is 66.1 Å². The van der Waals surface area contributed by atoms with E-state index in [4.69, 9.17) is 0 Å². The van der Waals surface area contributed by atoms with Gasteiger partial charge in [-0.1, -0.05) is 0 Å². The lowest BCUT2D eigenvalue weighted by molar-refractivity contribution is 0.0734. The maximum atomic E-state index is 13.1. The van der Waals surface area contributed by atoms with Gasteiger partial charge in [0.25, 0.3) is 5.91 Å². The highest BCUT2D eigenvalue weighted by molar-refractivity contribution is 5.96. The van der Waals surface area contributed by atoms with Crippen molar-refractivity contribution in [2.45, 2.75) is 52.6 Å². The van der Waals surface area contributed by atoms with Crippen molar-refractivity contribution in [2.75, 3.05) is 6.54 Å². The number of hydrogen-bond acceptors (Lipinski definition) is 2. The molecule has 1 amide bonds. The molecule has 1 atom stereocenters.